The first kappa shape index (κ1) is 15.0. The fourth-order valence-electron chi connectivity index (χ4n) is 2.26. The van der Waals surface area contributed by atoms with E-state index in [0.717, 1.165) is 23.5 Å². The van der Waals surface area contributed by atoms with Crippen molar-refractivity contribution in [1.29, 1.82) is 0 Å². The number of pyridine rings is 1. The average Bonchev–Trinajstić information content (AvgIpc) is 2.79. The first-order valence-corrected chi connectivity index (χ1v) is 7.31. The van der Waals surface area contributed by atoms with E-state index in [2.05, 4.69) is 42.2 Å². The molecule has 0 saturated heterocycles. The van der Waals surface area contributed by atoms with E-state index in [9.17, 15) is 0 Å². The molecule has 108 valence electrons. The van der Waals surface area contributed by atoms with Gasteiger partial charge in [0.1, 0.15) is 0 Å². The second kappa shape index (κ2) is 6.37. The van der Waals surface area contributed by atoms with Gasteiger partial charge in [0.15, 0.2) is 0 Å². The van der Waals surface area contributed by atoms with Gasteiger partial charge in [-0.1, -0.05) is 24.6 Å². The lowest BCUT2D eigenvalue weighted by Crippen LogP contribution is -2.26. The summed E-state index contributed by atoms with van der Waals surface area (Å²) in [6, 6.07) is 4.37. The number of rotatable bonds is 5. The molecule has 20 heavy (non-hydrogen) atoms. The summed E-state index contributed by atoms with van der Waals surface area (Å²) in [7, 11) is 0. The van der Waals surface area contributed by atoms with Crippen LogP contribution >= 0.6 is 11.6 Å². The lowest BCUT2D eigenvalue weighted by molar-refractivity contribution is 0.476. The summed E-state index contributed by atoms with van der Waals surface area (Å²) in [6.07, 6.45) is 3.61. The van der Waals surface area contributed by atoms with Gasteiger partial charge in [0.05, 0.1) is 23.0 Å². The smallest absolute Gasteiger partial charge is 0.0837 e. The Morgan fingerprint density at radius 1 is 1.30 bits per heavy atom. The van der Waals surface area contributed by atoms with E-state index in [-0.39, 0.29) is 12.1 Å². The average molecular weight is 293 g/mol. The number of hydrogen-bond donors (Lipinski definition) is 1. The maximum absolute atomic E-state index is 6.36. The molecular formula is C15H21ClN4. The van der Waals surface area contributed by atoms with Crippen molar-refractivity contribution in [3.8, 4) is 0 Å². The Hall–Kier alpha value is -1.39. The van der Waals surface area contributed by atoms with Gasteiger partial charge in [-0.05, 0) is 38.9 Å². The molecule has 0 aliphatic heterocycles. The van der Waals surface area contributed by atoms with Gasteiger partial charge in [-0.2, -0.15) is 5.10 Å². The zero-order valence-corrected chi connectivity index (χ0v) is 13.1. The first-order valence-electron chi connectivity index (χ1n) is 6.93. The molecule has 4 nitrogen and oxygen atoms in total. The standard InChI is InChI=1S/C15H21ClN4/c1-5-17-14(12-7-6-11(4)18-8-12)15-13(16)9-19-20(15)10(2)3/h6-10,14,17H,5H2,1-4H3. The molecule has 2 heterocycles. The Morgan fingerprint density at radius 3 is 2.60 bits per heavy atom. The van der Waals surface area contributed by atoms with Crippen LogP contribution in [-0.2, 0) is 0 Å². The molecule has 0 aliphatic rings. The summed E-state index contributed by atoms with van der Waals surface area (Å²) in [5, 5.41) is 8.54. The summed E-state index contributed by atoms with van der Waals surface area (Å²) in [4.78, 5) is 4.38. The van der Waals surface area contributed by atoms with Crippen molar-refractivity contribution >= 4 is 11.6 Å². The van der Waals surface area contributed by atoms with Gasteiger partial charge in [0, 0.05) is 17.9 Å². The summed E-state index contributed by atoms with van der Waals surface area (Å²) in [5.41, 5.74) is 3.10. The Balaban J connectivity index is 2.48. The minimum Gasteiger partial charge on any atom is -0.305 e. The summed E-state index contributed by atoms with van der Waals surface area (Å²) < 4.78 is 1.97. The van der Waals surface area contributed by atoms with Crippen LogP contribution in [0.3, 0.4) is 0 Å². The molecule has 5 heteroatoms. The van der Waals surface area contributed by atoms with Crippen LogP contribution in [0.5, 0.6) is 0 Å². The zero-order valence-electron chi connectivity index (χ0n) is 12.4. The number of nitrogens with zero attached hydrogens (tertiary/aromatic N) is 3. The first-order chi connectivity index (χ1) is 9.54. The number of hydrogen-bond acceptors (Lipinski definition) is 3. The third kappa shape index (κ3) is 3.02. The highest BCUT2D eigenvalue weighted by molar-refractivity contribution is 6.31. The van der Waals surface area contributed by atoms with Crippen LogP contribution in [0.4, 0.5) is 0 Å². The van der Waals surface area contributed by atoms with E-state index in [1.165, 1.54) is 0 Å². The fourth-order valence-corrected chi connectivity index (χ4v) is 2.50. The quantitative estimate of drug-likeness (QED) is 0.917. The van der Waals surface area contributed by atoms with Gasteiger partial charge in [0.2, 0.25) is 0 Å². The maximum atomic E-state index is 6.36. The van der Waals surface area contributed by atoms with Gasteiger partial charge in [-0.15, -0.1) is 0 Å². The molecule has 0 saturated carbocycles. The van der Waals surface area contributed by atoms with Gasteiger partial charge >= 0.3 is 0 Å². The monoisotopic (exact) mass is 292 g/mol. The molecule has 1 unspecified atom stereocenters. The van der Waals surface area contributed by atoms with Gasteiger partial charge in [-0.3, -0.25) is 9.67 Å². The largest absolute Gasteiger partial charge is 0.305 e. The number of halogens is 1. The third-order valence-corrected chi connectivity index (χ3v) is 3.52. The highest BCUT2D eigenvalue weighted by Gasteiger charge is 2.22. The third-order valence-electron chi connectivity index (χ3n) is 3.23. The molecule has 1 atom stereocenters. The number of aryl methyl sites for hydroxylation is 1. The molecular weight excluding hydrogens is 272 g/mol. The van der Waals surface area contributed by atoms with Crippen molar-refractivity contribution in [2.75, 3.05) is 6.54 Å². The van der Waals surface area contributed by atoms with Crippen LogP contribution in [0, 0.1) is 6.92 Å². The SMILES string of the molecule is CCNC(c1ccc(C)nc1)c1c(Cl)cnn1C(C)C. The fraction of sp³-hybridized carbons (Fsp3) is 0.467. The molecule has 0 radical (unpaired) electrons. The highest BCUT2D eigenvalue weighted by Crippen LogP contribution is 2.29. The van der Waals surface area contributed by atoms with E-state index >= 15 is 0 Å². The Morgan fingerprint density at radius 2 is 2.05 bits per heavy atom. The van der Waals surface area contributed by atoms with E-state index < -0.39 is 0 Å². The van der Waals surface area contributed by atoms with E-state index in [4.69, 9.17) is 11.6 Å². The van der Waals surface area contributed by atoms with Crippen LogP contribution in [-0.4, -0.2) is 21.3 Å². The van der Waals surface area contributed by atoms with Crippen LogP contribution < -0.4 is 5.32 Å². The van der Waals surface area contributed by atoms with Crippen LogP contribution in [0.2, 0.25) is 5.02 Å². The summed E-state index contributed by atoms with van der Waals surface area (Å²) >= 11 is 6.36. The van der Waals surface area contributed by atoms with Crippen LogP contribution in [0.25, 0.3) is 0 Å². The molecule has 0 fully saturated rings. The van der Waals surface area contributed by atoms with Crippen LogP contribution in [0.1, 0.15) is 49.8 Å². The Kier molecular flexibility index (Phi) is 4.78. The minimum atomic E-state index is 0.00509. The highest BCUT2D eigenvalue weighted by atomic mass is 35.5. The predicted molar refractivity (Wildman–Crippen MR) is 82.1 cm³/mol. The lowest BCUT2D eigenvalue weighted by Gasteiger charge is -2.22. The summed E-state index contributed by atoms with van der Waals surface area (Å²) in [6.45, 7) is 9.11. The molecule has 0 aromatic carbocycles. The molecule has 0 aliphatic carbocycles. The van der Waals surface area contributed by atoms with Crippen molar-refractivity contribution in [3.63, 3.8) is 0 Å². The molecule has 2 aromatic rings. The van der Waals surface area contributed by atoms with E-state index in [1.54, 1.807) is 6.20 Å². The topological polar surface area (TPSA) is 42.7 Å². The van der Waals surface area contributed by atoms with E-state index in [0.29, 0.717) is 5.02 Å². The van der Waals surface area contributed by atoms with Crippen molar-refractivity contribution in [3.05, 3.63) is 46.5 Å². The van der Waals surface area contributed by atoms with Gasteiger partial charge < -0.3 is 5.32 Å². The summed E-state index contributed by atoms with van der Waals surface area (Å²) in [5.74, 6) is 0. The molecule has 0 amide bonds. The second-order valence-electron chi connectivity index (χ2n) is 5.14. The van der Waals surface area contributed by atoms with E-state index in [1.807, 2.05) is 23.9 Å². The second-order valence-corrected chi connectivity index (χ2v) is 5.55. The van der Waals surface area contributed by atoms with Crippen LogP contribution in [0.15, 0.2) is 24.5 Å². The number of aromatic nitrogens is 3. The van der Waals surface area contributed by atoms with Gasteiger partial charge in [0.25, 0.3) is 0 Å². The molecule has 2 aromatic heterocycles. The minimum absolute atomic E-state index is 0.00509. The van der Waals surface area contributed by atoms with Crippen molar-refractivity contribution < 1.29 is 0 Å². The molecule has 0 spiro atoms. The van der Waals surface area contributed by atoms with Crippen molar-refractivity contribution in [1.82, 2.24) is 20.1 Å². The van der Waals surface area contributed by atoms with Crippen molar-refractivity contribution in [2.24, 2.45) is 0 Å². The Labute approximate surface area is 125 Å². The molecule has 1 N–H and O–H groups in total. The Bertz CT molecular complexity index is 560. The lowest BCUT2D eigenvalue weighted by atomic mass is 10.0. The molecule has 0 bridgehead atoms. The predicted octanol–water partition coefficient (Wildman–Crippen LogP) is 3.52. The normalized spacial score (nSPS) is 12.9. The maximum Gasteiger partial charge on any atom is 0.0837 e. The zero-order chi connectivity index (χ0) is 14.7. The van der Waals surface area contributed by atoms with Gasteiger partial charge in [-0.25, -0.2) is 0 Å². The molecule has 2 rings (SSSR count). The number of nitrogens with one attached hydrogen (secondary N) is 1. The van der Waals surface area contributed by atoms with Crippen molar-refractivity contribution in [2.45, 2.75) is 39.8 Å².